The summed E-state index contributed by atoms with van der Waals surface area (Å²) in [5, 5.41) is 13.9. The van der Waals surface area contributed by atoms with E-state index in [2.05, 4.69) is 30.8 Å². The Morgan fingerprint density at radius 1 is 1.03 bits per heavy atom. The minimum Gasteiger partial charge on any atom is -0.457 e. The number of hydrogen-bond donors (Lipinski definition) is 3. The largest absolute Gasteiger partial charge is 0.457 e. The van der Waals surface area contributed by atoms with Crippen LogP contribution in [0.5, 0.6) is 11.5 Å². The monoisotopic (exact) mass is 469 g/mol. The van der Waals surface area contributed by atoms with Gasteiger partial charge < -0.3 is 10.1 Å². The molecule has 3 N–H and O–H groups in total. The Kier molecular flexibility index (Phi) is 5.10. The predicted molar refractivity (Wildman–Crippen MR) is 129 cm³/mol. The molecule has 2 aromatic carbocycles. The first kappa shape index (κ1) is 20.8. The molecule has 6 rings (SSSR count). The van der Waals surface area contributed by atoms with Crippen LogP contribution in [0.3, 0.4) is 0 Å². The summed E-state index contributed by atoms with van der Waals surface area (Å²) in [6.45, 7) is 0. The van der Waals surface area contributed by atoms with Crippen LogP contribution in [0.1, 0.15) is 24.5 Å². The number of fused-ring (bicyclic) bond motifs is 1. The molecule has 0 spiro atoms. The standard InChI is InChI=1S/C25H20FN7O2/c26-16-3-7-18(8-4-16)35-19-9-5-17(6-10-19)29-23-20-11-12-33(24(20)28-14-27-23)25(34)30-22-13-21(31-32-22)15-1-2-15/h3-15H,1-2H2,(H,27,28,29)(H2,30,31,32,34). The first-order valence-electron chi connectivity index (χ1n) is 11.1. The fraction of sp³-hybridized carbons (Fsp3) is 0.120. The van der Waals surface area contributed by atoms with E-state index in [-0.39, 0.29) is 11.8 Å². The zero-order valence-corrected chi connectivity index (χ0v) is 18.4. The number of aromatic nitrogens is 5. The number of benzene rings is 2. The molecule has 35 heavy (non-hydrogen) atoms. The van der Waals surface area contributed by atoms with E-state index < -0.39 is 0 Å². The molecule has 0 unspecified atom stereocenters. The van der Waals surface area contributed by atoms with Gasteiger partial charge in [-0.2, -0.15) is 5.10 Å². The summed E-state index contributed by atoms with van der Waals surface area (Å²) in [5.41, 5.74) is 2.28. The number of H-pyrrole nitrogens is 1. The predicted octanol–water partition coefficient (Wildman–Crippen LogP) is 5.79. The lowest BCUT2D eigenvalue weighted by Crippen LogP contribution is -2.19. The maximum atomic E-state index is 13.1. The summed E-state index contributed by atoms with van der Waals surface area (Å²) in [6, 6.07) is 16.4. The van der Waals surface area contributed by atoms with Gasteiger partial charge in [0, 0.05) is 29.6 Å². The zero-order chi connectivity index (χ0) is 23.8. The molecule has 1 amide bonds. The van der Waals surface area contributed by atoms with Crippen LogP contribution in [0.2, 0.25) is 0 Å². The molecular weight excluding hydrogens is 449 g/mol. The molecule has 1 saturated carbocycles. The van der Waals surface area contributed by atoms with Gasteiger partial charge in [-0.1, -0.05) is 0 Å². The maximum Gasteiger partial charge on any atom is 0.332 e. The SMILES string of the molecule is O=C(Nc1cc(C2CC2)[nH]n1)n1ccc2c(Nc3ccc(Oc4ccc(F)cc4)cc3)ncnc21. The van der Waals surface area contributed by atoms with E-state index in [4.69, 9.17) is 4.74 Å². The lowest BCUT2D eigenvalue weighted by atomic mass is 10.3. The van der Waals surface area contributed by atoms with E-state index in [1.54, 1.807) is 36.5 Å². The third kappa shape index (κ3) is 4.41. The summed E-state index contributed by atoms with van der Waals surface area (Å²) in [7, 11) is 0. The maximum absolute atomic E-state index is 13.1. The fourth-order valence-electron chi connectivity index (χ4n) is 3.77. The topological polar surface area (TPSA) is 110 Å². The smallest absolute Gasteiger partial charge is 0.332 e. The summed E-state index contributed by atoms with van der Waals surface area (Å²) < 4.78 is 20.2. The number of nitrogens with one attached hydrogen (secondary N) is 3. The second kappa shape index (κ2) is 8.56. The molecular formula is C25H20FN7O2. The van der Waals surface area contributed by atoms with Gasteiger partial charge in [0.05, 0.1) is 5.39 Å². The van der Waals surface area contributed by atoms with Gasteiger partial charge in [-0.3, -0.25) is 15.0 Å². The van der Waals surface area contributed by atoms with E-state index in [1.165, 1.54) is 23.0 Å². The summed E-state index contributed by atoms with van der Waals surface area (Å²) in [5.74, 6) is 2.40. The zero-order valence-electron chi connectivity index (χ0n) is 18.4. The highest BCUT2D eigenvalue weighted by Gasteiger charge is 2.26. The molecule has 10 heteroatoms. The molecule has 5 aromatic rings. The van der Waals surface area contributed by atoms with Crippen LogP contribution in [0.25, 0.3) is 11.0 Å². The van der Waals surface area contributed by atoms with Crippen molar-refractivity contribution in [2.75, 3.05) is 10.6 Å². The van der Waals surface area contributed by atoms with E-state index in [1.807, 2.05) is 18.2 Å². The number of carbonyl (C=O) groups excluding carboxylic acids is 1. The fourth-order valence-corrected chi connectivity index (χ4v) is 3.77. The molecule has 0 bridgehead atoms. The van der Waals surface area contributed by atoms with E-state index in [9.17, 15) is 9.18 Å². The van der Waals surface area contributed by atoms with Crippen molar-refractivity contribution < 1.29 is 13.9 Å². The third-order valence-corrected chi connectivity index (χ3v) is 5.72. The average molecular weight is 469 g/mol. The van der Waals surface area contributed by atoms with E-state index in [0.717, 1.165) is 24.2 Å². The van der Waals surface area contributed by atoms with Gasteiger partial charge in [-0.25, -0.2) is 19.2 Å². The highest BCUT2D eigenvalue weighted by molar-refractivity contribution is 5.99. The number of carbonyl (C=O) groups is 1. The van der Waals surface area contributed by atoms with Crippen LogP contribution in [-0.4, -0.2) is 30.8 Å². The normalized spacial score (nSPS) is 13.1. The Bertz CT molecular complexity index is 1510. The van der Waals surface area contributed by atoms with Crippen molar-refractivity contribution in [3.8, 4) is 11.5 Å². The Labute approximate surface area is 199 Å². The van der Waals surface area contributed by atoms with Crippen molar-refractivity contribution >= 4 is 34.4 Å². The molecule has 1 aliphatic carbocycles. The van der Waals surface area contributed by atoms with Crippen LogP contribution < -0.4 is 15.4 Å². The highest BCUT2D eigenvalue weighted by atomic mass is 19.1. The first-order chi connectivity index (χ1) is 17.1. The molecule has 9 nitrogen and oxygen atoms in total. The van der Waals surface area contributed by atoms with Crippen molar-refractivity contribution in [1.29, 1.82) is 0 Å². The molecule has 174 valence electrons. The van der Waals surface area contributed by atoms with Crippen LogP contribution in [-0.2, 0) is 0 Å². The Hall–Kier alpha value is -4.73. The van der Waals surface area contributed by atoms with Crippen molar-refractivity contribution in [1.82, 2.24) is 24.7 Å². The van der Waals surface area contributed by atoms with Crippen molar-refractivity contribution in [3.63, 3.8) is 0 Å². The van der Waals surface area contributed by atoms with E-state index >= 15 is 0 Å². The second-order valence-electron chi connectivity index (χ2n) is 8.26. The van der Waals surface area contributed by atoms with Gasteiger partial charge >= 0.3 is 6.03 Å². The lowest BCUT2D eigenvalue weighted by molar-refractivity contribution is 0.254. The lowest BCUT2D eigenvalue weighted by Gasteiger charge is -2.09. The Morgan fingerprint density at radius 3 is 2.51 bits per heavy atom. The van der Waals surface area contributed by atoms with Gasteiger partial charge in [-0.15, -0.1) is 0 Å². The number of nitrogens with zero attached hydrogens (tertiary/aromatic N) is 4. The molecule has 1 aliphatic rings. The highest BCUT2D eigenvalue weighted by Crippen LogP contribution is 2.39. The van der Waals surface area contributed by atoms with Crippen molar-refractivity contribution in [3.05, 3.63) is 84.7 Å². The van der Waals surface area contributed by atoms with Crippen LogP contribution in [0, 0.1) is 5.82 Å². The van der Waals surface area contributed by atoms with Gasteiger partial charge in [-0.05, 0) is 67.4 Å². The quantitative estimate of drug-likeness (QED) is 0.291. The number of rotatable bonds is 6. The molecule has 0 saturated heterocycles. The Morgan fingerprint density at radius 2 is 1.77 bits per heavy atom. The molecule has 0 atom stereocenters. The molecule has 3 heterocycles. The number of halogens is 1. The molecule has 3 aromatic heterocycles. The van der Waals surface area contributed by atoms with E-state index in [0.29, 0.717) is 40.1 Å². The average Bonchev–Trinajstić information content (AvgIpc) is 3.45. The number of anilines is 3. The second-order valence-corrected chi connectivity index (χ2v) is 8.26. The number of amides is 1. The first-order valence-corrected chi connectivity index (χ1v) is 11.1. The van der Waals surface area contributed by atoms with Crippen LogP contribution in [0.15, 0.2) is 73.2 Å². The van der Waals surface area contributed by atoms with Gasteiger partial charge in [0.15, 0.2) is 11.5 Å². The number of hydrogen-bond acceptors (Lipinski definition) is 6. The van der Waals surface area contributed by atoms with Crippen LogP contribution in [0.4, 0.5) is 26.5 Å². The minimum atomic E-state index is -0.360. The Balaban J connectivity index is 1.17. The van der Waals surface area contributed by atoms with Crippen molar-refractivity contribution in [2.24, 2.45) is 0 Å². The molecule has 0 aliphatic heterocycles. The summed E-state index contributed by atoms with van der Waals surface area (Å²) in [4.78, 5) is 21.5. The number of ether oxygens (including phenoxy) is 1. The van der Waals surface area contributed by atoms with Gasteiger partial charge in [0.1, 0.15) is 29.5 Å². The summed E-state index contributed by atoms with van der Waals surface area (Å²) >= 11 is 0. The van der Waals surface area contributed by atoms with Crippen molar-refractivity contribution in [2.45, 2.75) is 18.8 Å². The summed E-state index contributed by atoms with van der Waals surface area (Å²) in [6.07, 6.45) is 5.34. The minimum absolute atomic E-state index is 0.316. The van der Waals surface area contributed by atoms with Gasteiger partial charge in [0.2, 0.25) is 0 Å². The number of aromatic amines is 1. The van der Waals surface area contributed by atoms with Gasteiger partial charge in [0.25, 0.3) is 0 Å². The molecule has 0 radical (unpaired) electrons. The van der Waals surface area contributed by atoms with Crippen LogP contribution >= 0.6 is 0 Å². The molecule has 1 fully saturated rings. The third-order valence-electron chi connectivity index (χ3n) is 5.72.